The molecule has 1 unspecified atom stereocenters. The second-order valence-electron chi connectivity index (χ2n) is 5.97. The van der Waals surface area contributed by atoms with E-state index in [-0.39, 0.29) is 30.6 Å². The van der Waals surface area contributed by atoms with E-state index in [1.165, 1.54) is 12.0 Å². The van der Waals surface area contributed by atoms with Crippen molar-refractivity contribution in [1.82, 2.24) is 10.2 Å². The highest BCUT2D eigenvalue weighted by Gasteiger charge is 2.21. The van der Waals surface area contributed by atoms with E-state index >= 15 is 0 Å². The van der Waals surface area contributed by atoms with Crippen molar-refractivity contribution < 1.29 is 9.53 Å². The Hall–Kier alpha value is -1.16. The number of nitrogens with two attached hydrogens (primary N) is 1. The molecule has 1 atom stereocenters. The van der Waals surface area contributed by atoms with Crippen molar-refractivity contribution in [2.75, 3.05) is 39.0 Å². The number of hydrogen-bond donors (Lipinski definition) is 2. The van der Waals surface area contributed by atoms with E-state index in [1.54, 1.807) is 0 Å². The molecule has 8 heteroatoms. The first-order valence-corrected chi connectivity index (χ1v) is 9.74. The van der Waals surface area contributed by atoms with E-state index in [9.17, 15) is 4.79 Å². The number of nitrogens with zero attached hydrogens (tertiary/aromatic N) is 2. The number of aliphatic imine (C=N–C) groups is 1. The number of nitrogens with one attached hydrogen (secondary N) is 1. The van der Waals surface area contributed by atoms with E-state index in [4.69, 9.17) is 10.5 Å². The monoisotopic (exact) mass is 492 g/mol. The number of carbonyl (C=O) groups is 1. The van der Waals surface area contributed by atoms with Crippen molar-refractivity contribution in [3.63, 3.8) is 0 Å². The van der Waals surface area contributed by atoms with Gasteiger partial charge in [-0.3, -0.25) is 9.79 Å². The maximum atomic E-state index is 10.7. The molecule has 3 N–H and O–H groups in total. The lowest BCUT2D eigenvalue weighted by atomic mass is 10.1. The quantitative estimate of drug-likeness (QED) is 0.347. The first-order valence-electron chi connectivity index (χ1n) is 8.69. The molecule has 1 aromatic rings. The third-order valence-electron chi connectivity index (χ3n) is 4.11. The predicted molar refractivity (Wildman–Crippen MR) is 120 cm³/mol. The molecule has 1 aliphatic rings. The number of rotatable bonds is 7. The van der Waals surface area contributed by atoms with Crippen LogP contribution in [-0.4, -0.2) is 61.1 Å². The van der Waals surface area contributed by atoms with Crippen LogP contribution in [0.15, 0.2) is 29.3 Å². The third-order valence-corrected chi connectivity index (χ3v) is 5.48. The second-order valence-corrected chi connectivity index (χ2v) is 7.38. The van der Waals surface area contributed by atoms with Crippen LogP contribution in [0, 0.1) is 0 Å². The van der Waals surface area contributed by atoms with Crippen LogP contribution in [0.1, 0.15) is 18.9 Å². The fourth-order valence-electron chi connectivity index (χ4n) is 2.72. The van der Waals surface area contributed by atoms with Gasteiger partial charge in [-0.25, -0.2) is 0 Å². The number of carbonyl (C=O) groups excluding carboxylic acids is 1. The van der Waals surface area contributed by atoms with Gasteiger partial charge < -0.3 is 20.7 Å². The fraction of sp³-hybridized carbons (Fsp3) is 0.556. The molecule has 0 aromatic heterocycles. The van der Waals surface area contributed by atoms with Gasteiger partial charge in [0.2, 0.25) is 0 Å². The smallest absolute Gasteiger partial charge is 0.255 e. The minimum Gasteiger partial charge on any atom is -0.484 e. The topological polar surface area (TPSA) is 79.9 Å². The maximum Gasteiger partial charge on any atom is 0.255 e. The summed E-state index contributed by atoms with van der Waals surface area (Å²) in [5.41, 5.74) is 6.27. The van der Waals surface area contributed by atoms with E-state index in [1.807, 2.05) is 31.3 Å². The van der Waals surface area contributed by atoms with Crippen molar-refractivity contribution in [2.24, 2.45) is 10.7 Å². The number of primary amides is 1. The van der Waals surface area contributed by atoms with Gasteiger partial charge in [-0.05, 0) is 30.5 Å². The molecule has 0 saturated carbocycles. The minimum absolute atomic E-state index is 0. The lowest BCUT2D eigenvalue weighted by molar-refractivity contribution is -0.119. The number of thioether (sulfide) groups is 1. The van der Waals surface area contributed by atoms with Crippen LogP contribution < -0.4 is 15.8 Å². The van der Waals surface area contributed by atoms with Gasteiger partial charge in [0.15, 0.2) is 12.6 Å². The summed E-state index contributed by atoms with van der Waals surface area (Å²) in [5.74, 6) is 2.33. The first-order chi connectivity index (χ1) is 12.1. The summed E-state index contributed by atoms with van der Waals surface area (Å²) in [6.07, 6.45) is 2.09. The van der Waals surface area contributed by atoms with E-state index < -0.39 is 5.91 Å². The standard InChI is InChI=1S/C18H28N4O2S.HI/c1-3-16-12-22(10-11-25-16)18(20-2)21-9-8-14-4-6-15(7-5-14)24-13-17(19)23;/h4-7,16H,3,8-13H2,1-2H3,(H2,19,23)(H,20,21);1H. The van der Waals surface area contributed by atoms with E-state index in [0.717, 1.165) is 37.8 Å². The Kier molecular flexibility index (Phi) is 10.8. The number of benzene rings is 1. The van der Waals surface area contributed by atoms with Crippen LogP contribution in [0.5, 0.6) is 5.75 Å². The number of amides is 1. The zero-order valence-corrected chi connectivity index (χ0v) is 18.6. The fourth-order valence-corrected chi connectivity index (χ4v) is 3.90. The zero-order chi connectivity index (χ0) is 18.1. The maximum absolute atomic E-state index is 10.7. The molecule has 0 spiro atoms. The predicted octanol–water partition coefficient (Wildman–Crippen LogP) is 2.11. The van der Waals surface area contributed by atoms with Crippen LogP contribution in [0.25, 0.3) is 0 Å². The van der Waals surface area contributed by atoms with Gasteiger partial charge in [-0.1, -0.05) is 19.1 Å². The number of guanidine groups is 1. The molecule has 1 aliphatic heterocycles. The van der Waals surface area contributed by atoms with Gasteiger partial charge in [0.05, 0.1) is 0 Å². The Bertz CT molecular complexity index is 583. The Balaban J connectivity index is 0.00000338. The molecule has 1 heterocycles. The van der Waals surface area contributed by atoms with Crippen molar-refractivity contribution in [3.05, 3.63) is 29.8 Å². The molecular formula is C18H29IN4O2S. The van der Waals surface area contributed by atoms with Gasteiger partial charge in [-0.15, -0.1) is 24.0 Å². The Morgan fingerprint density at radius 1 is 1.42 bits per heavy atom. The molecule has 0 radical (unpaired) electrons. The van der Waals surface area contributed by atoms with Crippen molar-refractivity contribution in [2.45, 2.75) is 25.0 Å². The summed E-state index contributed by atoms with van der Waals surface area (Å²) < 4.78 is 5.26. The number of hydrogen-bond acceptors (Lipinski definition) is 4. The summed E-state index contributed by atoms with van der Waals surface area (Å²) in [5, 5.41) is 4.16. The number of ether oxygens (including phenoxy) is 1. The molecule has 26 heavy (non-hydrogen) atoms. The Labute approximate surface area is 177 Å². The van der Waals surface area contributed by atoms with Crippen molar-refractivity contribution >= 4 is 47.6 Å². The molecule has 0 bridgehead atoms. The molecule has 6 nitrogen and oxygen atoms in total. The van der Waals surface area contributed by atoms with Gasteiger partial charge in [0.1, 0.15) is 5.75 Å². The lowest BCUT2D eigenvalue weighted by Crippen LogP contribution is -2.48. The molecule has 1 saturated heterocycles. The molecule has 1 amide bonds. The van der Waals surface area contributed by atoms with Gasteiger partial charge in [-0.2, -0.15) is 11.8 Å². The van der Waals surface area contributed by atoms with E-state index in [0.29, 0.717) is 11.0 Å². The van der Waals surface area contributed by atoms with E-state index in [2.05, 4.69) is 33.9 Å². The Morgan fingerprint density at radius 2 is 2.15 bits per heavy atom. The molecule has 2 rings (SSSR count). The van der Waals surface area contributed by atoms with Gasteiger partial charge in [0, 0.05) is 37.7 Å². The first kappa shape index (κ1) is 22.9. The minimum atomic E-state index is -0.471. The van der Waals surface area contributed by atoms with Crippen molar-refractivity contribution in [1.29, 1.82) is 0 Å². The summed E-state index contributed by atoms with van der Waals surface area (Å²) >= 11 is 2.06. The summed E-state index contributed by atoms with van der Waals surface area (Å²) in [7, 11) is 1.84. The summed E-state index contributed by atoms with van der Waals surface area (Å²) in [4.78, 5) is 17.5. The van der Waals surface area contributed by atoms with Gasteiger partial charge in [0.25, 0.3) is 5.91 Å². The zero-order valence-electron chi connectivity index (χ0n) is 15.4. The molecule has 146 valence electrons. The highest BCUT2D eigenvalue weighted by molar-refractivity contribution is 14.0. The Morgan fingerprint density at radius 3 is 2.77 bits per heavy atom. The molecular weight excluding hydrogens is 463 g/mol. The van der Waals surface area contributed by atoms with Crippen LogP contribution in [0.2, 0.25) is 0 Å². The van der Waals surface area contributed by atoms with Crippen LogP contribution in [0.4, 0.5) is 0 Å². The molecule has 1 aromatic carbocycles. The average Bonchev–Trinajstić information content (AvgIpc) is 2.64. The summed E-state index contributed by atoms with van der Waals surface area (Å²) in [6, 6.07) is 7.73. The summed E-state index contributed by atoms with van der Waals surface area (Å²) in [6.45, 7) is 5.09. The number of halogens is 1. The normalized spacial score (nSPS) is 17.4. The van der Waals surface area contributed by atoms with Crippen molar-refractivity contribution in [3.8, 4) is 5.75 Å². The SMILES string of the molecule is CCC1CN(C(=NC)NCCc2ccc(OCC(N)=O)cc2)CCS1.I. The molecule has 0 aliphatic carbocycles. The largest absolute Gasteiger partial charge is 0.484 e. The lowest BCUT2D eigenvalue weighted by Gasteiger charge is -2.34. The molecule has 1 fully saturated rings. The second kappa shape index (κ2) is 12.3. The van der Waals surface area contributed by atoms with Crippen LogP contribution in [0.3, 0.4) is 0 Å². The van der Waals surface area contributed by atoms with Crippen LogP contribution >= 0.6 is 35.7 Å². The highest BCUT2D eigenvalue weighted by atomic mass is 127. The highest BCUT2D eigenvalue weighted by Crippen LogP contribution is 2.21. The third kappa shape index (κ3) is 7.61. The van der Waals surface area contributed by atoms with Gasteiger partial charge >= 0.3 is 0 Å². The van der Waals surface area contributed by atoms with Crippen LogP contribution in [-0.2, 0) is 11.2 Å². The average molecular weight is 492 g/mol.